The van der Waals surface area contributed by atoms with E-state index in [0.717, 1.165) is 16.4 Å². The van der Waals surface area contributed by atoms with Crippen LogP contribution in [0.25, 0.3) is 0 Å². The number of halogens is 1. The number of nitrogens with zero attached hydrogens (tertiary/aromatic N) is 1. The summed E-state index contributed by atoms with van der Waals surface area (Å²) >= 11 is 4.71. The van der Waals surface area contributed by atoms with Gasteiger partial charge in [-0.25, -0.2) is 12.8 Å². The van der Waals surface area contributed by atoms with Crippen LogP contribution in [0.1, 0.15) is 19.4 Å². The fourth-order valence-corrected chi connectivity index (χ4v) is 2.91. The zero-order chi connectivity index (χ0) is 16.2. The Bertz CT molecular complexity index is 618. The number of ether oxygens (including phenoxy) is 1. The Morgan fingerprint density at radius 2 is 2.10 bits per heavy atom. The summed E-state index contributed by atoms with van der Waals surface area (Å²) < 4.78 is 44.7. The van der Waals surface area contributed by atoms with Crippen molar-refractivity contribution in [1.29, 1.82) is 0 Å². The smallest absolute Gasteiger partial charge is 0.242 e. The van der Waals surface area contributed by atoms with Crippen molar-refractivity contribution < 1.29 is 17.5 Å². The van der Waals surface area contributed by atoms with Gasteiger partial charge in [-0.1, -0.05) is 12.2 Å². The molecule has 0 radical (unpaired) electrons. The summed E-state index contributed by atoms with van der Waals surface area (Å²) in [5.74, 6) is -0.646. The molecule has 0 amide bonds. The van der Waals surface area contributed by atoms with Crippen molar-refractivity contribution >= 4 is 27.2 Å². The van der Waals surface area contributed by atoms with Gasteiger partial charge in [0.2, 0.25) is 10.0 Å². The second kappa shape index (κ2) is 7.26. The molecule has 0 aliphatic rings. The summed E-state index contributed by atoms with van der Waals surface area (Å²) in [6.07, 6.45) is 0.0214. The van der Waals surface area contributed by atoms with E-state index >= 15 is 0 Å². The fraction of sp³-hybridized carbons (Fsp3) is 0.462. The van der Waals surface area contributed by atoms with Gasteiger partial charge >= 0.3 is 0 Å². The van der Waals surface area contributed by atoms with Gasteiger partial charge in [0.05, 0.1) is 17.6 Å². The average Bonchev–Trinajstić information content (AvgIpc) is 2.37. The van der Waals surface area contributed by atoms with Gasteiger partial charge in [-0.3, -0.25) is 0 Å². The van der Waals surface area contributed by atoms with E-state index in [1.807, 2.05) is 13.8 Å². The predicted molar refractivity (Wildman–Crippen MR) is 83.2 cm³/mol. The van der Waals surface area contributed by atoms with Crippen molar-refractivity contribution in [2.24, 2.45) is 5.73 Å². The SMILES string of the molecule is CC(C)OCCN(C)S(=O)(=O)c1ccc(F)c(C(N)=S)c1. The third-order valence-corrected chi connectivity index (χ3v) is 4.84. The fourth-order valence-electron chi connectivity index (χ4n) is 1.57. The summed E-state index contributed by atoms with van der Waals surface area (Å²) in [4.78, 5) is -0.242. The van der Waals surface area contributed by atoms with E-state index in [2.05, 4.69) is 0 Å². The molecule has 0 aliphatic heterocycles. The highest BCUT2D eigenvalue weighted by Crippen LogP contribution is 2.18. The Balaban J connectivity index is 2.97. The van der Waals surface area contributed by atoms with Crippen molar-refractivity contribution in [3.8, 4) is 0 Å². The summed E-state index contributed by atoms with van der Waals surface area (Å²) in [6.45, 7) is 4.20. The highest BCUT2D eigenvalue weighted by molar-refractivity contribution is 7.89. The summed E-state index contributed by atoms with van der Waals surface area (Å²) in [7, 11) is -2.30. The van der Waals surface area contributed by atoms with Gasteiger partial charge in [-0.15, -0.1) is 0 Å². The molecular weight excluding hydrogens is 315 g/mol. The van der Waals surface area contributed by atoms with E-state index in [1.165, 1.54) is 13.1 Å². The van der Waals surface area contributed by atoms with Crippen molar-refractivity contribution in [2.75, 3.05) is 20.2 Å². The van der Waals surface area contributed by atoms with Crippen molar-refractivity contribution in [3.63, 3.8) is 0 Å². The van der Waals surface area contributed by atoms with Crippen molar-refractivity contribution in [3.05, 3.63) is 29.6 Å². The van der Waals surface area contributed by atoms with Crippen LogP contribution in [-0.2, 0) is 14.8 Å². The van der Waals surface area contributed by atoms with E-state index in [0.29, 0.717) is 0 Å². The van der Waals surface area contributed by atoms with E-state index in [9.17, 15) is 12.8 Å². The molecule has 1 rings (SSSR count). The Morgan fingerprint density at radius 1 is 1.48 bits per heavy atom. The first-order chi connectivity index (χ1) is 9.66. The third-order valence-electron chi connectivity index (χ3n) is 2.77. The minimum atomic E-state index is -3.74. The van der Waals surface area contributed by atoms with Gasteiger partial charge < -0.3 is 10.5 Å². The van der Waals surface area contributed by atoms with Crippen molar-refractivity contribution in [2.45, 2.75) is 24.8 Å². The molecule has 1 aromatic rings. The van der Waals surface area contributed by atoms with Gasteiger partial charge in [0, 0.05) is 19.2 Å². The maximum Gasteiger partial charge on any atom is 0.242 e. The molecule has 5 nitrogen and oxygen atoms in total. The molecule has 0 atom stereocenters. The summed E-state index contributed by atoms with van der Waals surface area (Å²) in [5.41, 5.74) is 5.29. The number of sulfonamides is 1. The van der Waals surface area contributed by atoms with Crippen LogP contribution < -0.4 is 5.73 Å². The van der Waals surface area contributed by atoms with Crippen LogP contribution in [-0.4, -0.2) is 44.0 Å². The number of nitrogens with two attached hydrogens (primary N) is 1. The Labute approximate surface area is 129 Å². The van der Waals surface area contributed by atoms with Gasteiger partial charge in [0.25, 0.3) is 0 Å². The highest BCUT2D eigenvalue weighted by Gasteiger charge is 2.22. The number of hydrogen-bond acceptors (Lipinski definition) is 4. The lowest BCUT2D eigenvalue weighted by Gasteiger charge is -2.18. The third kappa shape index (κ3) is 4.70. The Morgan fingerprint density at radius 3 is 2.62 bits per heavy atom. The first-order valence-electron chi connectivity index (χ1n) is 6.33. The second-order valence-electron chi connectivity index (χ2n) is 4.75. The molecule has 0 aromatic heterocycles. The number of benzene rings is 1. The first-order valence-corrected chi connectivity index (χ1v) is 8.18. The molecule has 0 unspecified atom stereocenters. The van der Waals surface area contributed by atoms with E-state index < -0.39 is 15.8 Å². The van der Waals surface area contributed by atoms with Crippen LogP contribution in [0.4, 0.5) is 4.39 Å². The molecule has 0 heterocycles. The zero-order valence-electron chi connectivity index (χ0n) is 12.2. The molecule has 0 saturated carbocycles. The van der Waals surface area contributed by atoms with E-state index in [-0.39, 0.29) is 34.7 Å². The number of rotatable bonds is 7. The Hall–Kier alpha value is -1.09. The van der Waals surface area contributed by atoms with Crippen LogP contribution >= 0.6 is 12.2 Å². The molecule has 2 N–H and O–H groups in total. The molecular formula is C13H19FN2O3S2. The van der Waals surface area contributed by atoms with Gasteiger partial charge in [0.1, 0.15) is 10.8 Å². The van der Waals surface area contributed by atoms with E-state index in [1.54, 1.807) is 0 Å². The first kappa shape index (κ1) is 18.0. The monoisotopic (exact) mass is 334 g/mol. The minimum absolute atomic E-state index is 0.0214. The Kier molecular flexibility index (Phi) is 6.21. The van der Waals surface area contributed by atoms with Crippen LogP contribution in [0.15, 0.2) is 23.1 Å². The lowest BCUT2D eigenvalue weighted by Crippen LogP contribution is -2.31. The summed E-state index contributed by atoms with van der Waals surface area (Å²) in [6, 6.07) is 3.37. The maximum atomic E-state index is 13.5. The molecule has 8 heteroatoms. The topological polar surface area (TPSA) is 72.6 Å². The maximum absolute atomic E-state index is 13.5. The molecule has 0 spiro atoms. The number of likely N-dealkylation sites (N-methyl/N-ethyl adjacent to an activating group) is 1. The minimum Gasteiger partial charge on any atom is -0.389 e. The second-order valence-corrected chi connectivity index (χ2v) is 7.24. The van der Waals surface area contributed by atoms with Crippen LogP contribution in [0.3, 0.4) is 0 Å². The summed E-state index contributed by atoms with van der Waals surface area (Å²) in [5, 5.41) is 0. The number of thiocarbonyl (C=S) groups is 1. The molecule has 118 valence electrons. The van der Waals surface area contributed by atoms with Crippen LogP contribution in [0.2, 0.25) is 0 Å². The highest BCUT2D eigenvalue weighted by atomic mass is 32.2. The zero-order valence-corrected chi connectivity index (χ0v) is 13.8. The molecule has 21 heavy (non-hydrogen) atoms. The molecule has 0 bridgehead atoms. The van der Waals surface area contributed by atoms with Crippen LogP contribution in [0, 0.1) is 5.82 Å². The van der Waals surface area contributed by atoms with Gasteiger partial charge in [-0.05, 0) is 32.0 Å². The largest absolute Gasteiger partial charge is 0.389 e. The number of hydrogen-bond donors (Lipinski definition) is 1. The van der Waals surface area contributed by atoms with Crippen LogP contribution in [0.5, 0.6) is 0 Å². The standard InChI is InChI=1S/C13H19FN2O3S2/c1-9(2)19-7-6-16(3)21(17,18)10-4-5-12(14)11(8-10)13(15)20/h4-5,8-9H,6-7H2,1-3H3,(H2,15,20). The predicted octanol–water partition coefficient (Wildman–Crippen LogP) is 1.51. The molecule has 1 aromatic carbocycles. The van der Waals surface area contributed by atoms with E-state index in [4.69, 9.17) is 22.7 Å². The van der Waals surface area contributed by atoms with Gasteiger partial charge in [-0.2, -0.15) is 4.31 Å². The molecule has 0 fully saturated rings. The molecule has 0 aliphatic carbocycles. The normalized spacial score (nSPS) is 12.1. The average molecular weight is 334 g/mol. The lowest BCUT2D eigenvalue weighted by atomic mass is 10.2. The lowest BCUT2D eigenvalue weighted by molar-refractivity contribution is 0.0737. The van der Waals surface area contributed by atoms with Crippen molar-refractivity contribution in [1.82, 2.24) is 4.31 Å². The quantitative estimate of drug-likeness (QED) is 0.765. The molecule has 0 saturated heterocycles. The van der Waals surface area contributed by atoms with Gasteiger partial charge in [0.15, 0.2) is 0 Å².